The van der Waals surface area contributed by atoms with Gasteiger partial charge in [-0.15, -0.1) is 11.6 Å². The molecule has 2 aromatic rings. The SMILES string of the molecule is Cc1cc2ccccc2c(NC(=O)NCCCl)c1C#N. The van der Waals surface area contributed by atoms with Gasteiger partial charge in [0.25, 0.3) is 0 Å². The molecule has 0 heterocycles. The van der Waals surface area contributed by atoms with Gasteiger partial charge in [-0.1, -0.05) is 24.3 Å². The van der Waals surface area contributed by atoms with Crippen molar-refractivity contribution in [3.63, 3.8) is 0 Å². The Balaban J connectivity index is 2.49. The summed E-state index contributed by atoms with van der Waals surface area (Å²) < 4.78 is 0. The molecule has 0 saturated carbocycles. The number of nitriles is 1. The fourth-order valence-electron chi connectivity index (χ4n) is 2.08. The maximum atomic E-state index is 11.8. The number of rotatable bonds is 3. The second-order valence-electron chi connectivity index (χ2n) is 4.35. The van der Waals surface area contributed by atoms with Gasteiger partial charge >= 0.3 is 6.03 Å². The third kappa shape index (κ3) is 2.84. The summed E-state index contributed by atoms with van der Waals surface area (Å²) in [6, 6.07) is 11.4. The first-order chi connectivity index (χ1) is 9.67. The molecule has 5 heteroatoms. The van der Waals surface area contributed by atoms with Crippen LogP contribution in [0.1, 0.15) is 11.1 Å². The van der Waals surface area contributed by atoms with Crippen molar-refractivity contribution in [2.24, 2.45) is 0 Å². The number of benzene rings is 2. The van der Waals surface area contributed by atoms with E-state index in [0.717, 1.165) is 16.3 Å². The summed E-state index contributed by atoms with van der Waals surface area (Å²) in [5, 5.41) is 16.5. The lowest BCUT2D eigenvalue weighted by atomic mass is 9.99. The molecule has 2 N–H and O–H groups in total. The highest BCUT2D eigenvalue weighted by Crippen LogP contribution is 2.29. The van der Waals surface area contributed by atoms with Crippen LogP contribution in [0.25, 0.3) is 10.8 Å². The van der Waals surface area contributed by atoms with Crippen molar-refractivity contribution in [1.82, 2.24) is 5.32 Å². The Kier molecular flexibility index (Phi) is 4.44. The van der Waals surface area contributed by atoms with E-state index < -0.39 is 0 Å². The number of urea groups is 1. The quantitative estimate of drug-likeness (QED) is 0.850. The van der Waals surface area contributed by atoms with Gasteiger partial charge in [-0.2, -0.15) is 5.26 Å². The Bertz CT molecular complexity index is 691. The standard InChI is InChI=1S/C15H14ClN3O/c1-10-8-11-4-2-3-5-12(11)14(13(10)9-17)19-15(20)18-7-6-16/h2-5,8H,6-7H2,1H3,(H2,18,19,20). The van der Waals surface area contributed by atoms with Crippen LogP contribution < -0.4 is 10.6 Å². The molecule has 0 unspecified atom stereocenters. The number of halogens is 1. The summed E-state index contributed by atoms with van der Waals surface area (Å²) >= 11 is 5.53. The Labute approximate surface area is 122 Å². The van der Waals surface area contributed by atoms with Crippen LogP contribution in [0.2, 0.25) is 0 Å². The minimum Gasteiger partial charge on any atom is -0.337 e. The van der Waals surface area contributed by atoms with Crippen LogP contribution in [-0.2, 0) is 0 Å². The fraction of sp³-hybridized carbons (Fsp3) is 0.200. The van der Waals surface area contributed by atoms with Crippen LogP contribution >= 0.6 is 11.6 Å². The van der Waals surface area contributed by atoms with E-state index in [-0.39, 0.29) is 6.03 Å². The second kappa shape index (κ2) is 6.27. The molecule has 2 rings (SSSR count). The number of fused-ring (bicyclic) bond motifs is 1. The molecule has 0 fully saturated rings. The zero-order valence-corrected chi connectivity index (χ0v) is 11.8. The minimum absolute atomic E-state index is 0.340. The maximum Gasteiger partial charge on any atom is 0.319 e. The first kappa shape index (κ1) is 14.2. The summed E-state index contributed by atoms with van der Waals surface area (Å²) in [4.78, 5) is 11.8. The van der Waals surface area contributed by atoms with E-state index in [1.165, 1.54) is 0 Å². The Morgan fingerprint density at radius 3 is 2.85 bits per heavy atom. The molecule has 0 radical (unpaired) electrons. The van der Waals surface area contributed by atoms with Gasteiger partial charge in [0.1, 0.15) is 6.07 Å². The third-order valence-electron chi connectivity index (χ3n) is 2.98. The van der Waals surface area contributed by atoms with Crippen molar-refractivity contribution < 1.29 is 4.79 Å². The third-order valence-corrected chi connectivity index (χ3v) is 3.17. The number of hydrogen-bond donors (Lipinski definition) is 2. The van der Waals surface area contributed by atoms with Crippen molar-refractivity contribution in [3.8, 4) is 6.07 Å². The maximum absolute atomic E-state index is 11.8. The first-order valence-electron chi connectivity index (χ1n) is 6.20. The van der Waals surface area contributed by atoms with Crippen LogP contribution in [0.5, 0.6) is 0 Å². The molecule has 4 nitrogen and oxygen atoms in total. The number of carbonyl (C=O) groups is 1. The van der Waals surface area contributed by atoms with Crippen LogP contribution in [-0.4, -0.2) is 18.5 Å². The highest BCUT2D eigenvalue weighted by molar-refractivity contribution is 6.18. The first-order valence-corrected chi connectivity index (χ1v) is 6.74. The average Bonchev–Trinajstić information content (AvgIpc) is 2.45. The van der Waals surface area contributed by atoms with E-state index in [4.69, 9.17) is 11.6 Å². The lowest BCUT2D eigenvalue weighted by Gasteiger charge is -2.13. The summed E-state index contributed by atoms with van der Waals surface area (Å²) in [5.41, 5.74) is 1.85. The molecule has 0 aliphatic carbocycles. The Morgan fingerprint density at radius 1 is 1.40 bits per heavy atom. The molecule has 2 aromatic carbocycles. The monoisotopic (exact) mass is 287 g/mol. The van der Waals surface area contributed by atoms with Crippen molar-refractivity contribution in [2.45, 2.75) is 6.92 Å². The molecule has 2 amide bonds. The predicted molar refractivity (Wildman–Crippen MR) is 81.1 cm³/mol. The van der Waals surface area contributed by atoms with Gasteiger partial charge in [-0.25, -0.2) is 4.79 Å². The lowest BCUT2D eigenvalue weighted by molar-refractivity contribution is 0.252. The van der Waals surface area contributed by atoms with Crippen molar-refractivity contribution in [2.75, 3.05) is 17.7 Å². The highest BCUT2D eigenvalue weighted by Gasteiger charge is 2.13. The number of anilines is 1. The van der Waals surface area contributed by atoms with Gasteiger partial charge in [0.15, 0.2) is 0 Å². The molecular weight excluding hydrogens is 274 g/mol. The summed E-state index contributed by atoms with van der Waals surface area (Å²) in [6.45, 7) is 2.23. The molecular formula is C15H14ClN3O. The van der Waals surface area contributed by atoms with Gasteiger partial charge in [0.05, 0.1) is 11.3 Å². The predicted octanol–water partition coefficient (Wildman–Crippen LogP) is 3.38. The van der Waals surface area contributed by atoms with Gasteiger partial charge in [0.2, 0.25) is 0 Å². The summed E-state index contributed by atoms with van der Waals surface area (Å²) in [6.07, 6.45) is 0. The second-order valence-corrected chi connectivity index (χ2v) is 4.72. The number of hydrogen-bond acceptors (Lipinski definition) is 2. The molecule has 0 saturated heterocycles. The number of nitrogens with zero attached hydrogens (tertiary/aromatic N) is 1. The van der Waals surface area contributed by atoms with Crippen LogP contribution in [0.4, 0.5) is 10.5 Å². The molecule has 0 aromatic heterocycles. The van der Waals surface area contributed by atoms with Crippen molar-refractivity contribution >= 4 is 34.1 Å². The van der Waals surface area contributed by atoms with E-state index in [0.29, 0.717) is 23.7 Å². The number of alkyl halides is 1. The molecule has 0 aliphatic rings. The summed E-state index contributed by atoms with van der Waals surface area (Å²) in [5.74, 6) is 0.340. The van der Waals surface area contributed by atoms with E-state index in [1.54, 1.807) is 0 Å². The van der Waals surface area contributed by atoms with Crippen LogP contribution in [0, 0.1) is 18.3 Å². The normalized spacial score (nSPS) is 10.1. The fourth-order valence-corrected chi connectivity index (χ4v) is 2.17. The lowest BCUT2D eigenvalue weighted by Crippen LogP contribution is -2.30. The minimum atomic E-state index is -0.363. The summed E-state index contributed by atoms with van der Waals surface area (Å²) in [7, 11) is 0. The molecule has 0 spiro atoms. The van der Waals surface area contributed by atoms with Crippen molar-refractivity contribution in [1.29, 1.82) is 5.26 Å². The molecule has 0 aliphatic heterocycles. The average molecular weight is 288 g/mol. The van der Waals surface area contributed by atoms with Crippen molar-refractivity contribution in [3.05, 3.63) is 41.5 Å². The largest absolute Gasteiger partial charge is 0.337 e. The zero-order valence-electron chi connectivity index (χ0n) is 11.0. The molecule has 20 heavy (non-hydrogen) atoms. The van der Waals surface area contributed by atoms with E-state index in [2.05, 4.69) is 16.7 Å². The van der Waals surface area contributed by atoms with Gasteiger partial charge in [-0.05, 0) is 23.9 Å². The van der Waals surface area contributed by atoms with Gasteiger partial charge in [-0.3, -0.25) is 0 Å². The topological polar surface area (TPSA) is 64.9 Å². The molecule has 0 atom stereocenters. The van der Waals surface area contributed by atoms with E-state index in [9.17, 15) is 10.1 Å². The number of nitrogens with one attached hydrogen (secondary N) is 2. The highest BCUT2D eigenvalue weighted by atomic mass is 35.5. The Morgan fingerprint density at radius 2 is 2.15 bits per heavy atom. The zero-order chi connectivity index (χ0) is 14.5. The van der Waals surface area contributed by atoms with E-state index in [1.807, 2.05) is 37.3 Å². The van der Waals surface area contributed by atoms with Crippen LogP contribution in [0.3, 0.4) is 0 Å². The Hall–Kier alpha value is -2.25. The smallest absolute Gasteiger partial charge is 0.319 e. The molecule has 102 valence electrons. The number of aryl methyl sites for hydroxylation is 1. The van der Waals surface area contributed by atoms with E-state index >= 15 is 0 Å². The van der Waals surface area contributed by atoms with Gasteiger partial charge in [0, 0.05) is 17.8 Å². The number of amides is 2. The van der Waals surface area contributed by atoms with Gasteiger partial charge < -0.3 is 10.6 Å². The number of carbonyl (C=O) groups excluding carboxylic acids is 1. The molecule has 0 bridgehead atoms. The van der Waals surface area contributed by atoms with Crippen LogP contribution in [0.15, 0.2) is 30.3 Å².